The lowest BCUT2D eigenvalue weighted by Gasteiger charge is -2.30. The van der Waals surface area contributed by atoms with E-state index in [4.69, 9.17) is 0 Å². The minimum absolute atomic E-state index is 0.207. The van der Waals surface area contributed by atoms with Crippen molar-refractivity contribution in [3.8, 4) is 0 Å². The van der Waals surface area contributed by atoms with Gasteiger partial charge < -0.3 is 5.32 Å². The first-order valence-electron chi connectivity index (χ1n) is 7.97. The number of amides is 2. The number of likely N-dealkylation sites (N-methyl/N-ethyl adjacent to an activating group) is 1. The van der Waals surface area contributed by atoms with Crippen LogP contribution in [0, 0.1) is 0 Å². The van der Waals surface area contributed by atoms with Crippen LogP contribution in [0.1, 0.15) is 11.5 Å². The molecule has 0 radical (unpaired) electrons. The number of anilines is 1. The molecule has 5 heteroatoms. The van der Waals surface area contributed by atoms with Crippen molar-refractivity contribution in [3.05, 3.63) is 72.3 Å². The van der Waals surface area contributed by atoms with Crippen molar-refractivity contribution < 1.29 is 9.59 Å². The topological polar surface area (TPSA) is 49.4 Å². The van der Waals surface area contributed by atoms with Crippen molar-refractivity contribution in [3.63, 3.8) is 0 Å². The largest absolute Gasteiger partial charge is 0.325 e. The minimum Gasteiger partial charge on any atom is -0.325 e. The van der Waals surface area contributed by atoms with Crippen molar-refractivity contribution in [2.45, 2.75) is 10.8 Å². The van der Waals surface area contributed by atoms with Gasteiger partial charge in [0.05, 0.1) is 0 Å². The van der Waals surface area contributed by atoms with E-state index in [-0.39, 0.29) is 11.8 Å². The maximum absolute atomic E-state index is 12.9. The summed E-state index contributed by atoms with van der Waals surface area (Å²) in [5.74, 6) is -1.35. The van der Waals surface area contributed by atoms with Crippen LogP contribution in [-0.4, -0.2) is 23.2 Å². The Bertz CT molecular complexity index is 972. The van der Waals surface area contributed by atoms with Gasteiger partial charge in [0.15, 0.2) is 0 Å². The second-order valence-corrected chi connectivity index (χ2v) is 7.12. The fourth-order valence-corrected chi connectivity index (χ4v) is 3.99. The van der Waals surface area contributed by atoms with Gasteiger partial charge in [0.25, 0.3) is 0 Å². The Balaban J connectivity index is 1.78. The van der Waals surface area contributed by atoms with Gasteiger partial charge in [-0.1, -0.05) is 42.5 Å². The molecule has 0 fully saturated rings. The van der Waals surface area contributed by atoms with Crippen LogP contribution in [0.2, 0.25) is 0 Å². The van der Waals surface area contributed by atoms with Gasteiger partial charge in [-0.15, -0.1) is 0 Å². The quantitative estimate of drug-likeness (QED) is 0.562. The van der Waals surface area contributed by atoms with Gasteiger partial charge in [0.1, 0.15) is 5.92 Å². The number of rotatable bonds is 2. The molecular formula is C20H16N2O2S. The van der Waals surface area contributed by atoms with Crippen LogP contribution in [0.15, 0.2) is 71.6 Å². The van der Waals surface area contributed by atoms with E-state index < -0.39 is 5.92 Å². The predicted octanol–water partition coefficient (Wildman–Crippen LogP) is 4.04. The normalized spacial score (nSPS) is 16.6. The molecule has 1 aliphatic heterocycles. The highest BCUT2D eigenvalue weighted by Crippen LogP contribution is 2.40. The summed E-state index contributed by atoms with van der Waals surface area (Å²) in [6.45, 7) is 0. The van der Waals surface area contributed by atoms with E-state index in [0.717, 1.165) is 21.2 Å². The molecule has 1 heterocycles. The summed E-state index contributed by atoms with van der Waals surface area (Å²) in [5, 5.41) is 4.98. The Morgan fingerprint density at radius 3 is 2.36 bits per heavy atom. The number of benzene rings is 3. The lowest BCUT2D eigenvalue weighted by Crippen LogP contribution is -2.37. The highest BCUT2D eigenvalue weighted by atomic mass is 32.2. The first-order valence-corrected chi connectivity index (χ1v) is 8.75. The van der Waals surface area contributed by atoms with E-state index in [9.17, 15) is 9.59 Å². The lowest BCUT2D eigenvalue weighted by molar-refractivity contribution is -0.132. The number of hydrogen-bond acceptors (Lipinski definition) is 3. The molecule has 2 amide bonds. The smallest absolute Gasteiger partial charge is 0.249 e. The Kier molecular flexibility index (Phi) is 3.93. The van der Waals surface area contributed by atoms with Crippen LogP contribution >= 0.6 is 11.9 Å². The van der Waals surface area contributed by atoms with Gasteiger partial charge in [0.2, 0.25) is 11.8 Å². The summed E-state index contributed by atoms with van der Waals surface area (Å²) in [7, 11) is 1.70. The molecule has 0 spiro atoms. The summed E-state index contributed by atoms with van der Waals surface area (Å²) < 4.78 is 1.53. The van der Waals surface area contributed by atoms with E-state index in [1.807, 2.05) is 66.7 Å². The van der Waals surface area contributed by atoms with Crippen molar-refractivity contribution in [2.24, 2.45) is 0 Å². The molecule has 1 aliphatic rings. The van der Waals surface area contributed by atoms with Crippen LogP contribution in [0.25, 0.3) is 10.8 Å². The predicted molar refractivity (Wildman–Crippen MR) is 100 cm³/mol. The number of fused-ring (bicyclic) bond motifs is 2. The second-order valence-electron chi connectivity index (χ2n) is 5.95. The third-order valence-electron chi connectivity index (χ3n) is 4.29. The number of hydrogen-bond donors (Lipinski definition) is 1. The van der Waals surface area contributed by atoms with E-state index in [0.29, 0.717) is 5.69 Å². The zero-order valence-corrected chi connectivity index (χ0v) is 14.4. The molecule has 0 saturated heterocycles. The fraction of sp³-hybridized carbons (Fsp3) is 0.100. The number of para-hydroxylation sites is 1. The van der Waals surface area contributed by atoms with Gasteiger partial charge in [-0.3, -0.25) is 13.9 Å². The van der Waals surface area contributed by atoms with Crippen molar-refractivity contribution in [2.75, 3.05) is 12.4 Å². The van der Waals surface area contributed by atoms with Crippen LogP contribution in [0.3, 0.4) is 0 Å². The SMILES string of the molecule is CN1Sc2cc3ccccc3cc2C(C(=O)Nc2ccccc2)C1=O. The first kappa shape index (κ1) is 15.7. The van der Waals surface area contributed by atoms with Gasteiger partial charge in [-0.05, 0) is 52.5 Å². The summed E-state index contributed by atoms with van der Waals surface area (Å²) >= 11 is 1.37. The molecule has 4 rings (SSSR count). The second kappa shape index (κ2) is 6.26. The molecule has 0 aromatic heterocycles. The molecule has 0 saturated carbocycles. The average Bonchev–Trinajstić information content (AvgIpc) is 2.62. The van der Waals surface area contributed by atoms with Crippen LogP contribution in [0.4, 0.5) is 5.69 Å². The monoisotopic (exact) mass is 348 g/mol. The Morgan fingerprint density at radius 2 is 1.64 bits per heavy atom. The van der Waals surface area contributed by atoms with E-state index in [1.54, 1.807) is 7.05 Å². The van der Waals surface area contributed by atoms with Gasteiger partial charge in [-0.25, -0.2) is 0 Å². The fourth-order valence-electron chi connectivity index (χ4n) is 3.04. The minimum atomic E-state index is -0.842. The number of carbonyl (C=O) groups is 2. The molecule has 1 unspecified atom stereocenters. The number of nitrogens with zero attached hydrogens (tertiary/aromatic N) is 1. The standard InChI is InChI=1S/C20H16N2O2S/c1-22-20(24)18(19(23)21-15-9-3-2-4-10-15)16-11-13-7-5-6-8-14(13)12-17(16)25-22/h2-12,18H,1H3,(H,21,23). The maximum Gasteiger partial charge on any atom is 0.249 e. The Morgan fingerprint density at radius 1 is 1.00 bits per heavy atom. The number of nitrogens with one attached hydrogen (secondary N) is 1. The molecule has 1 N–H and O–H groups in total. The average molecular weight is 348 g/mol. The van der Waals surface area contributed by atoms with E-state index in [2.05, 4.69) is 5.32 Å². The zero-order valence-electron chi connectivity index (χ0n) is 13.6. The van der Waals surface area contributed by atoms with Crippen LogP contribution in [-0.2, 0) is 9.59 Å². The van der Waals surface area contributed by atoms with E-state index >= 15 is 0 Å². The Hall–Kier alpha value is -2.79. The highest BCUT2D eigenvalue weighted by Gasteiger charge is 2.37. The molecule has 3 aromatic carbocycles. The Labute approximate surface area is 150 Å². The summed E-state index contributed by atoms with van der Waals surface area (Å²) in [5.41, 5.74) is 1.45. The maximum atomic E-state index is 12.9. The van der Waals surface area contributed by atoms with Crippen LogP contribution in [0.5, 0.6) is 0 Å². The molecule has 3 aromatic rings. The number of carbonyl (C=O) groups excluding carboxylic acids is 2. The summed E-state index contributed by atoms with van der Waals surface area (Å²) in [4.78, 5) is 26.5. The van der Waals surface area contributed by atoms with Crippen molar-refractivity contribution in [1.29, 1.82) is 0 Å². The lowest BCUT2D eigenvalue weighted by atomic mass is 9.94. The first-order chi connectivity index (χ1) is 12.1. The highest BCUT2D eigenvalue weighted by molar-refractivity contribution is 7.97. The third-order valence-corrected chi connectivity index (χ3v) is 5.29. The third kappa shape index (κ3) is 2.87. The summed E-state index contributed by atoms with van der Waals surface area (Å²) in [6.07, 6.45) is 0. The van der Waals surface area contributed by atoms with Gasteiger partial charge in [-0.2, -0.15) is 0 Å². The van der Waals surface area contributed by atoms with Gasteiger partial charge in [0, 0.05) is 17.6 Å². The molecule has 124 valence electrons. The molecule has 1 atom stereocenters. The zero-order chi connectivity index (χ0) is 17.4. The molecule has 25 heavy (non-hydrogen) atoms. The summed E-state index contributed by atoms with van der Waals surface area (Å²) in [6, 6.07) is 21.2. The molecule has 4 nitrogen and oxygen atoms in total. The van der Waals surface area contributed by atoms with E-state index in [1.165, 1.54) is 16.3 Å². The molecule has 0 bridgehead atoms. The van der Waals surface area contributed by atoms with Gasteiger partial charge >= 0.3 is 0 Å². The van der Waals surface area contributed by atoms with Crippen molar-refractivity contribution in [1.82, 2.24) is 4.31 Å². The van der Waals surface area contributed by atoms with Crippen LogP contribution < -0.4 is 5.32 Å². The van der Waals surface area contributed by atoms with Crippen molar-refractivity contribution >= 4 is 40.2 Å². The molecule has 0 aliphatic carbocycles. The molecular weight excluding hydrogens is 332 g/mol.